The van der Waals surface area contributed by atoms with Crippen molar-refractivity contribution in [3.05, 3.63) is 34.4 Å². The Morgan fingerprint density at radius 1 is 1.40 bits per heavy atom. The first kappa shape index (κ1) is 10.4. The zero-order valence-corrected chi connectivity index (χ0v) is 10.3. The number of fused-ring (bicyclic) bond motifs is 1. The summed E-state index contributed by atoms with van der Waals surface area (Å²) in [7, 11) is 1.93. The molecule has 0 saturated carbocycles. The summed E-state index contributed by atoms with van der Waals surface area (Å²) in [5, 5.41) is 1.10. The van der Waals surface area contributed by atoms with Gasteiger partial charge in [0, 0.05) is 28.8 Å². The first-order chi connectivity index (χ1) is 7.13. The summed E-state index contributed by atoms with van der Waals surface area (Å²) in [6.45, 7) is 1.88. The van der Waals surface area contributed by atoms with E-state index in [0.717, 1.165) is 21.1 Å². The van der Waals surface area contributed by atoms with Crippen LogP contribution in [0.4, 0.5) is 0 Å². The van der Waals surface area contributed by atoms with Crippen LogP contribution in [-0.2, 0) is 7.05 Å². The number of benzene rings is 1. The van der Waals surface area contributed by atoms with Gasteiger partial charge in [0.25, 0.3) is 0 Å². The molecular weight excluding hydrogens is 254 g/mol. The average molecular weight is 266 g/mol. The molecule has 1 aromatic heterocycles. The van der Waals surface area contributed by atoms with Crippen LogP contribution in [0.2, 0.25) is 0 Å². The number of halogens is 1. The Morgan fingerprint density at radius 3 is 2.80 bits per heavy atom. The third-order valence-corrected chi connectivity index (χ3v) is 3.10. The molecule has 2 rings (SSSR count). The van der Waals surface area contributed by atoms with Crippen molar-refractivity contribution in [2.75, 3.05) is 0 Å². The summed E-state index contributed by atoms with van der Waals surface area (Å²) < 4.78 is 2.99. The number of carbonyl (C=O) groups is 1. The fourth-order valence-electron chi connectivity index (χ4n) is 1.77. The molecule has 0 N–H and O–H groups in total. The Labute approximate surface area is 97.0 Å². The van der Waals surface area contributed by atoms with Crippen LogP contribution in [0.5, 0.6) is 0 Å². The number of ketones is 1. The maximum absolute atomic E-state index is 11.7. The topological polar surface area (TPSA) is 22.0 Å². The largest absolute Gasteiger partial charge is 0.341 e. The lowest BCUT2D eigenvalue weighted by Gasteiger charge is -2.01. The molecule has 0 radical (unpaired) electrons. The van der Waals surface area contributed by atoms with Gasteiger partial charge in [0.2, 0.25) is 0 Å². The minimum Gasteiger partial charge on any atom is -0.341 e. The van der Waals surface area contributed by atoms with E-state index in [1.807, 2.05) is 42.8 Å². The first-order valence-corrected chi connectivity index (χ1v) is 5.71. The number of nitrogens with zero attached hydrogens (tertiary/aromatic N) is 1. The van der Waals surface area contributed by atoms with Gasteiger partial charge in [-0.25, -0.2) is 0 Å². The quantitative estimate of drug-likeness (QED) is 0.762. The average Bonchev–Trinajstić information content (AvgIpc) is 2.54. The van der Waals surface area contributed by atoms with Crippen LogP contribution in [0.25, 0.3) is 10.9 Å². The first-order valence-electron chi connectivity index (χ1n) is 4.91. The second-order valence-corrected chi connectivity index (χ2v) is 4.48. The van der Waals surface area contributed by atoms with Crippen molar-refractivity contribution < 1.29 is 4.79 Å². The molecule has 0 fully saturated rings. The molecule has 0 unspecified atom stereocenters. The lowest BCUT2D eigenvalue weighted by molar-refractivity contribution is 0.0981. The normalized spacial score (nSPS) is 10.9. The summed E-state index contributed by atoms with van der Waals surface area (Å²) in [4.78, 5) is 11.7. The summed E-state index contributed by atoms with van der Waals surface area (Å²) in [6, 6.07) is 7.99. The Morgan fingerprint density at radius 2 is 2.13 bits per heavy atom. The van der Waals surface area contributed by atoms with E-state index < -0.39 is 0 Å². The Hall–Kier alpha value is -1.09. The third kappa shape index (κ3) is 1.72. The molecule has 0 spiro atoms. The van der Waals surface area contributed by atoms with E-state index in [-0.39, 0.29) is 5.78 Å². The van der Waals surface area contributed by atoms with E-state index in [0.29, 0.717) is 6.42 Å². The summed E-state index contributed by atoms with van der Waals surface area (Å²) in [5.41, 5.74) is 1.88. The standard InChI is InChI=1S/C12H12BrNO/c1-3-12(15)11-7-8-6-9(13)4-5-10(8)14(11)2/h4-7H,3H2,1-2H3. The van der Waals surface area contributed by atoms with Gasteiger partial charge in [-0.15, -0.1) is 0 Å². The monoisotopic (exact) mass is 265 g/mol. The SMILES string of the molecule is CCC(=O)c1cc2cc(Br)ccc2n1C. The van der Waals surface area contributed by atoms with Crippen molar-refractivity contribution >= 4 is 32.6 Å². The molecule has 2 nitrogen and oxygen atoms in total. The highest BCUT2D eigenvalue weighted by atomic mass is 79.9. The second kappa shape index (κ2) is 3.81. The number of aromatic nitrogens is 1. The van der Waals surface area contributed by atoms with Crippen molar-refractivity contribution in [1.29, 1.82) is 0 Å². The number of rotatable bonds is 2. The van der Waals surface area contributed by atoms with Gasteiger partial charge in [-0.3, -0.25) is 4.79 Å². The van der Waals surface area contributed by atoms with Crippen LogP contribution < -0.4 is 0 Å². The van der Waals surface area contributed by atoms with Gasteiger partial charge in [0.1, 0.15) is 0 Å². The Balaban J connectivity index is 2.69. The van der Waals surface area contributed by atoms with E-state index in [2.05, 4.69) is 15.9 Å². The van der Waals surface area contributed by atoms with Gasteiger partial charge >= 0.3 is 0 Å². The molecule has 1 aromatic carbocycles. The van der Waals surface area contributed by atoms with Crippen molar-refractivity contribution in [2.24, 2.45) is 7.05 Å². The van der Waals surface area contributed by atoms with Crippen LogP contribution in [-0.4, -0.2) is 10.4 Å². The number of Topliss-reactive ketones (excluding diaryl/α,β-unsaturated/α-hetero) is 1. The van der Waals surface area contributed by atoms with Crippen molar-refractivity contribution in [2.45, 2.75) is 13.3 Å². The zero-order chi connectivity index (χ0) is 11.0. The predicted molar refractivity (Wildman–Crippen MR) is 65.2 cm³/mol. The lowest BCUT2D eigenvalue weighted by atomic mass is 10.2. The Kier molecular flexibility index (Phi) is 2.65. The minimum absolute atomic E-state index is 0.185. The van der Waals surface area contributed by atoms with Crippen molar-refractivity contribution in [3.8, 4) is 0 Å². The number of aryl methyl sites for hydroxylation is 1. The summed E-state index contributed by atoms with van der Waals surface area (Å²) >= 11 is 3.43. The summed E-state index contributed by atoms with van der Waals surface area (Å²) in [6.07, 6.45) is 0.547. The highest BCUT2D eigenvalue weighted by Gasteiger charge is 2.11. The van der Waals surface area contributed by atoms with Gasteiger partial charge in [-0.1, -0.05) is 22.9 Å². The minimum atomic E-state index is 0.185. The molecule has 0 bridgehead atoms. The molecule has 0 aliphatic rings. The number of hydrogen-bond acceptors (Lipinski definition) is 1. The lowest BCUT2D eigenvalue weighted by Crippen LogP contribution is -2.03. The molecule has 0 aliphatic carbocycles. The van der Waals surface area contributed by atoms with Crippen LogP contribution >= 0.6 is 15.9 Å². The molecule has 78 valence electrons. The number of hydrogen-bond donors (Lipinski definition) is 0. The van der Waals surface area contributed by atoms with Crippen molar-refractivity contribution in [3.63, 3.8) is 0 Å². The second-order valence-electron chi connectivity index (χ2n) is 3.57. The van der Waals surface area contributed by atoms with Gasteiger partial charge in [0.15, 0.2) is 5.78 Å². The van der Waals surface area contributed by atoms with Gasteiger partial charge < -0.3 is 4.57 Å². The van der Waals surface area contributed by atoms with E-state index in [1.54, 1.807) is 0 Å². The number of carbonyl (C=O) groups excluding carboxylic acids is 1. The molecule has 0 saturated heterocycles. The smallest absolute Gasteiger partial charge is 0.178 e. The third-order valence-electron chi connectivity index (χ3n) is 2.61. The fraction of sp³-hybridized carbons (Fsp3) is 0.250. The molecule has 0 amide bonds. The predicted octanol–water partition coefficient (Wildman–Crippen LogP) is 3.53. The zero-order valence-electron chi connectivity index (χ0n) is 8.75. The maximum atomic E-state index is 11.7. The highest BCUT2D eigenvalue weighted by Crippen LogP contribution is 2.23. The van der Waals surface area contributed by atoms with Crippen molar-refractivity contribution in [1.82, 2.24) is 4.57 Å². The van der Waals surface area contributed by atoms with E-state index in [9.17, 15) is 4.79 Å². The van der Waals surface area contributed by atoms with E-state index >= 15 is 0 Å². The van der Waals surface area contributed by atoms with Gasteiger partial charge in [0.05, 0.1) is 5.69 Å². The highest BCUT2D eigenvalue weighted by molar-refractivity contribution is 9.10. The van der Waals surface area contributed by atoms with E-state index in [1.165, 1.54) is 0 Å². The molecular formula is C12H12BrNO. The fourth-order valence-corrected chi connectivity index (χ4v) is 2.15. The van der Waals surface area contributed by atoms with E-state index in [4.69, 9.17) is 0 Å². The molecule has 0 aliphatic heterocycles. The summed E-state index contributed by atoms with van der Waals surface area (Å²) in [5.74, 6) is 0.185. The molecule has 3 heteroatoms. The molecule has 2 aromatic rings. The molecule has 0 atom stereocenters. The van der Waals surface area contributed by atoms with Gasteiger partial charge in [-0.2, -0.15) is 0 Å². The molecule has 15 heavy (non-hydrogen) atoms. The van der Waals surface area contributed by atoms with Crippen LogP contribution in [0, 0.1) is 0 Å². The van der Waals surface area contributed by atoms with Crippen LogP contribution in [0.3, 0.4) is 0 Å². The molecule has 1 heterocycles. The maximum Gasteiger partial charge on any atom is 0.178 e. The van der Waals surface area contributed by atoms with Crippen LogP contribution in [0.1, 0.15) is 23.8 Å². The Bertz CT molecular complexity index is 528. The van der Waals surface area contributed by atoms with Gasteiger partial charge in [-0.05, 0) is 24.3 Å². The van der Waals surface area contributed by atoms with Crippen LogP contribution in [0.15, 0.2) is 28.7 Å².